The molecule has 0 saturated carbocycles. The minimum absolute atomic E-state index is 0.0690. The summed E-state index contributed by atoms with van der Waals surface area (Å²) in [5, 5.41) is 0. The molecule has 1 aliphatic heterocycles. The quantitative estimate of drug-likeness (QED) is 0.454. The van der Waals surface area contributed by atoms with Gasteiger partial charge in [-0.15, -0.1) is 0 Å². The van der Waals surface area contributed by atoms with E-state index >= 15 is 0 Å². The molecule has 0 aromatic heterocycles. The first-order valence-electron chi connectivity index (χ1n) is 4.02. The molecule has 0 N–H and O–H groups in total. The van der Waals surface area contributed by atoms with Crippen LogP contribution in [0.2, 0.25) is 0 Å². The summed E-state index contributed by atoms with van der Waals surface area (Å²) < 4.78 is 14.5. The summed E-state index contributed by atoms with van der Waals surface area (Å²) in [6.45, 7) is 3.24. The monoisotopic (exact) mass is 188 g/mol. The molecule has 1 heterocycles. The number of carbonyl (C=O) groups is 2. The molecule has 5 nitrogen and oxygen atoms in total. The molecule has 0 radical (unpaired) electrons. The second-order valence-electron chi connectivity index (χ2n) is 2.82. The van der Waals surface area contributed by atoms with Crippen molar-refractivity contribution < 1.29 is 23.8 Å². The predicted molar refractivity (Wildman–Crippen MR) is 41.9 cm³/mol. The molecular formula is C8H12O5. The van der Waals surface area contributed by atoms with Gasteiger partial charge in [0.2, 0.25) is 0 Å². The third kappa shape index (κ3) is 3.89. The van der Waals surface area contributed by atoms with Crippen molar-refractivity contribution >= 4 is 11.9 Å². The van der Waals surface area contributed by atoms with E-state index < -0.39 is 18.0 Å². The molecule has 74 valence electrons. The van der Waals surface area contributed by atoms with E-state index in [1.165, 1.54) is 13.8 Å². The summed E-state index contributed by atoms with van der Waals surface area (Å²) in [5.41, 5.74) is 0. The van der Waals surface area contributed by atoms with Crippen LogP contribution in [0.15, 0.2) is 0 Å². The van der Waals surface area contributed by atoms with E-state index in [1.54, 1.807) is 0 Å². The third-order valence-corrected chi connectivity index (χ3v) is 1.54. The zero-order valence-corrected chi connectivity index (χ0v) is 7.61. The standard InChI is InChI=1S/C8H12O5/c1-5(9)11-4-8(7-3-12-7)13-6(2)10/h7-8H,3-4H2,1-2H3/t7-,8+/m0/s1. The van der Waals surface area contributed by atoms with Gasteiger partial charge in [-0.05, 0) is 0 Å². The van der Waals surface area contributed by atoms with Gasteiger partial charge >= 0.3 is 11.9 Å². The number of epoxide rings is 1. The number of esters is 2. The highest BCUT2D eigenvalue weighted by molar-refractivity contribution is 5.67. The molecular weight excluding hydrogens is 176 g/mol. The lowest BCUT2D eigenvalue weighted by atomic mass is 10.3. The predicted octanol–water partition coefficient (Wildman–Crippen LogP) is -0.120. The SMILES string of the molecule is CC(=O)OC[C@@H](OC(C)=O)[C@@H]1CO1. The maximum Gasteiger partial charge on any atom is 0.303 e. The highest BCUT2D eigenvalue weighted by Gasteiger charge is 2.35. The number of ether oxygens (including phenoxy) is 3. The van der Waals surface area contributed by atoms with E-state index in [1.807, 2.05) is 0 Å². The summed E-state index contributed by atoms with van der Waals surface area (Å²) in [7, 11) is 0. The molecule has 0 bridgehead atoms. The van der Waals surface area contributed by atoms with Gasteiger partial charge in [-0.3, -0.25) is 9.59 Å². The zero-order chi connectivity index (χ0) is 9.84. The van der Waals surface area contributed by atoms with Gasteiger partial charge in [0.1, 0.15) is 12.7 Å². The zero-order valence-electron chi connectivity index (χ0n) is 7.61. The molecule has 0 unspecified atom stereocenters. The van der Waals surface area contributed by atoms with E-state index in [0.29, 0.717) is 6.61 Å². The summed E-state index contributed by atoms with van der Waals surface area (Å²) in [6, 6.07) is 0. The molecule has 1 aliphatic rings. The van der Waals surface area contributed by atoms with Crippen molar-refractivity contribution in [1.82, 2.24) is 0 Å². The average Bonchev–Trinajstić information content (AvgIpc) is 2.78. The van der Waals surface area contributed by atoms with E-state index in [-0.39, 0.29) is 12.7 Å². The van der Waals surface area contributed by atoms with Gasteiger partial charge < -0.3 is 14.2 Å². The Kier molecular flexibility index (Phi) is 3.25. The molecule has 13 heavy (non-hydrogen) atoms. The van der Waals surface area contributed by atoms with Crippen molar-refractivity contribution in [2.24, 2.45) is 0 Å². The van der Waals surface area contributed by atoms with Crippen LogP contribution in [0.5, 0.6) is 0 Å². The molecule has 5 heteroatoms. The fourth-order valence-corrected chi connectivity index (χ4v) is 0.900. The number of hydrogen-bond acceptors (Lipinski definition) is 5. The Morgan fingerprint density at radius 2 is 2.08 bits per heavy atom. The maximum absolute atomic E-state index is 10.6. The maximum atomic E-state index is 10.6. The lowest BCUT2D eigenvalue weighted by molar-refractivity contribution is -0.157. The minimum Gasteiger partial charge on any atom is -0.462 e. The number of rotatable bonds is 4. The highest BCUT2D eigenvalue weighted by atomic mass is 16.6. The molecule has 1 rings (SSSR count). The van der Waals surface area contributed by atoms with Crippen LogP contribution in [0, 0.1) is 0 Å². The van der Waals surface area contributed by atoms with E-state index in [0.717, 1.165) is 0 Å². The summed E-state index contributed by atoms with van der Waals surface area (Å²) >= 11 is 0. The van der Waals surface area contributed by atoms with Crippen LogP contribution in [-0.2, 0) is 23.8 Å². The van der Waals surface area contributed by atoms with Crippen molar-refractivity contribution in [1.29, 1.82) is 0 Å². The Hall–Kier alpha value is -1.10. The largest absolute Gasteiger partial charge is 0.462 e. The van der Waals surface area contributed by atoms with Gasteiger partial charge in [0.15, 0.2) is 6.10 Å². The van der Waals surface area contributed by atoms with Crippen LogP contribution in [0.4, 0.5) is 0 Å². The van der Waals surface area contributed by atoms with Crippen molar-refractivity contribution in [2.45, 2.75) is 26.1 Å². The van der Waals surface area contributed by atoms with Crippen molar-refractivity contribution in [2.75, 3.05) is 13.2 Å². The number of hydrogen-bond donors (Lipinski definition) is 0. The molecule has 0 amide bonds. The Morgan fingerprint density at radius 3 is 2.46 bits per heavy atom. The topological polar surface area (TPSA) is 65.1 Å². The minimum atomic E-state index is -0.457. The van der Waals surface area contributed by atoms with Gasteiger partial charge in [-0.1, -0.05) is 0 Å². The van der Waals surface area contributed by atoms with Crippen molar-refractivity contribution in [3.05, 3.63) is 0 Å². The molecule has 0 aromatic carbocycles. The van der Waals surface area contributed by atoms with Crippen molar-refractivity contribution in [3.8, 4) is 0 Å². The van der Waals surface area contributed by atoms with Gasteiger partial charge in [-0.25, -0.2) is 0 Å². The Balaban J connectivity index is 2.29. The van der Waals surface area contributed by atoms with Gasteiger partial charge in [0, 0.05) is 13.8 Å². The van der Waals surface area contributed by atoms with Gasteiger partial charge in [0.25, 0.3) is 0 Å². The lowest BCUT2D eigenvalue weighted by Crippen LogP contribution is -2.28. The molecule has 2 atom stereocenters. The first kappa shape index (κ1) is 9.98. The summed E-state index contributed by atoms with van der Waals surface area (Å²) in [5.74, 6) is -0.787. The smallest absolute Gasteiger partial charge is 0.303 e. The molecule has 0 aliphatic carbocycles. The fraction of sp³-hybridized carbons (Fsp3) is 0.750. The Morgan fingerprint density at radius 1 is 1.46 bits per heavy atom. The van der Waals surface area contributed by atoms with Crippen LogP contribution in [0.1, 0.15) is 13.8 Å². The van der Waals surface area contributed by atoms with Crippen LogP contribution in [-0.4, -0.2) is 37.4 Å². The average molecular weight is 188 g/mol. The summed E-state index contributed by atoms with van der Waals surface area (Å²) in [6.07, 6.45) is -0.565. The van der Waals surface area contributed by atoms with Crippen molar-refractivity contribution in [3.63, 3.8) is 0 Å². The second kappa shape index (κ2) is 4.23. The van der Waals surface area contributed by atoms with Crippen LogP contribution >= 0.6 is 0 Å². The normalized spacial score (nSPS) is 21.8. The molecule has 1 fully saturated rings. The van der Waals surface area contributed by atoms with E-state index in [9.17, 15) is 9.59 Å². The molecule has 0 aromatic rings. The summed E-state index contributed by atoms with van der Waals surface area (Å²) in [4.78, 5) is 21.1. The van der Waals surface area contributed by atoms with Crippen LogP contribution in [0.25, 0.3) is 0 Å². The Labute approximate surface area is 76.0 Å². The molecule has 0 spiro atoms. The first-order valence-corrected chi connectivity index (χ1v) is 4.02. The number of carbonyl (C=O) groups excluding carboxylic acids is 2. The van der Waals surface area contributed by atoms with Gasteiger partial charge in [-0.2, -0.15) is 0 Å². The third-order valence-electron chi connectivity index (χ3n) is 1.54. The highest BCUT2D eigenvalue weighted by Crippen LogP contribution is 2.17. The van der Waals surface area contributed by atoms with Crippen LogP contribution in [0.3, 0.4) is 0 Å². The fourth-order valence-electron chi connectivity index (χ4n) is 0.900. The van der Waals surface area contributed by atoms with E-state index in [2.05, 4.69) is 0 Å². The Bertz CT molecular complexity index is 209. The van der Waals surface area contributed by atoms with Crippen LogP contribution < -0.4 is 0 Å². The van der Waals surface area contributed by atoms with Gasteiger partial charge in [0.05, 0.1) is 6.61 Å². The van der Waals surface area contributed by atoms with E-state index in [4.69, 9.17) is 14.2 Å². The molecule has 1 saturated heterocycles. The first-order chi connectivity index (χ1) is 6.09. The second-order valence-corrected chi connectivity index (χ2v) is 2.82. The lowest BCUT2D eigenvalue weighted by Gasteiger charge is -2.13.